The van der Waals surface area contributed by atoms with E-state index in [1.165, 1.54) is 6.92 Å². The van der Waals surface area contributed by atoms with E-state index in [1.807, 2.05) is 0 Å². The third-order valence-corrected chi connectivity index (χ3v) is 5.52. The number of nitrogens with zero attached hydrogens (tertiary/aromatic N) is 2. The lowest BCUT2D eigenvalue weighted by atomic mass is 10.2. The van der Waals surface area contributed by atoms with Crippen LogP contribution < -0.4 is 5.32 Å². The predicted molar refractivity (Wildman–Crippen MR) is 87.0 cm³/mol. The lowest BCUT2D eigenvalue weighted by molar-refractivity contribution is -0.141. The third-order valence-electron chi connectivity index (χ3n) is 3.43. The van der Waals surface area contributed by atoms with E-state index in [2.05, 4.69) is 10.4 Å². The lowest BCUT2D eigenvalue weighted by Crippen LogP contribution is -2.17. The van der Waals surface area contributed by atoms with Gasteiger partial charge in [0.05, 0.1) is 16.3 Å². The molecule has 0 saturated carbocycles. The van der Waals surface area contributed by atoms with E-state index in [1.54, 1.807) is 0 Å². The minimum absolute atomic E-state index is 0.166. The molecule has 0 fully saturated rings. The number of benzene rings is 1. The minimum Gasteiger partial charge on any atom is -0.506 e. The number of carbonyl (C=O) groups excluding carboxylic acids is 1. The number of nitrogens with one attached hydrogen (secondary N) is 1. The number of sulfone groups is 1. The Balaban J connectivity index is 2.43. The van der Waals surface area contributed by atoms with Crippen molar-refractivity contribution in [2.75, 3.05) is 11.1 Å². The molecule has 1 heterocycles. The van der Waals surface area contributed by atoms with E-state index in [9.17, 15) is 31.5 Å². The zero-order valence-electron chi connectivity index (χ0n) is 13.4. The van der Waals surface area contributed by atoms with Gasteiger partial charge in [0.1, 0.15) is 16.5 Å². The van der Waals surface area contributed by atoms with Crippen molar-refractivity contribution < 1.29 is 31.5 Å². The van der Waals surface area contributed by atoms with Gasteiger partial charge in [0.2, 0.25) is 0 Å². The highest BCUT2D eigenvalue weighted by molar-refractivity contribution is 7.91. The van der Waals surface area contributed by atoms with Gasteiger partial charge in [-0.05, 0) is 18.2 Å². The second kappa shape index (κ2) is 6.80. The highest BCUT2D eigenvalue weighted by atomic mass is 35.5. The first-order valence-corrected chi connectivity index (χ1v) is 9.08. The number of aromatic hydroxyl groups is 1. The first kappa shape index (κ1) is 20.0. The van der Waals surface area contributed by atoms with Crippen LogP contribution >= 0.6 is 11.6 Å². The number of phenolic OH excluding ortho intramolecular Hbond substituents is 1. The molecule has 2 aromatic rings. The Morgan fingerprint density at radius 3 is 2.50 bits per heavy atom. The highest BCUT2D eigenvalue weighted by Gasteiger charge is 2.39. The molecule has 0 aliphatic heterocycles. The summed E-state index contributed by atoms with van der Waals surface area (Å²) in [5, 5.41) is 14.2. The molecule has 0 bridgehead atoms. The summed E-state index contributed by atoms with van der Waals surface area (Å²) in [6.07, 6.45) is -4.86. The van der Waals surface area contributed by atoms with Crippen molar-refractivity contribution in [3.05, 3.63) is 34.6 Å². The molecular weight excluding hydrogens is 399 g/mol. The van der Waals surface area contributed by atoms with Crippen molar-refractivity contribution in [1.29, 1.82) is 0 Å². The number of anilines is 1. The molecule has 12 heteroatoms. The summed E-state index contributed by atoms with van der Waals surface area (Å²) in [6.45, 7) is 1.41. The monoisotopic (exact) mass is 411 g/mol. The van der Waals surface area contributed by atoms with Gasteiger partial charge in [-0.25, -0.2) is 8.42 Å². The van der Waals surface area contributed by atoms with Gasteiger partial charge >= 0.3 is 6.18 Å². The second-order valence-corrected chi connectivity index (χ2v) is 7.83. The Hall–Kier alpha value is -2.27. The van der Waals surface area contributed by atoms with Crippen LogP contribution in [0.4, 0.5) is 18.9 Å². The van der Waals surface area contributed by atoms with Crippen LogP contribution in [-0.2, 0) is 23.1 Å². The molecule has 0 spiro atoms. The van der Waals surface area contributed by atoms with Crippen molar-refractivity contribution in [1.82, 2.24) is 9.78 Å². The topological polar surface area (TPSA) is 101 Å². The van der Waals surface area contributed by atoms with Crippen LogP contribution in [0.25, 0.3) is 0 Å². The normalized spacial score (nSPS) is 12.2. The molecule has 1 aromatic heterocycles. The lowest BCUT2D eigenvalue weighted by Gasteiger charge is -2.10. The molecular formula is C14H13ClF3N3O4S. The van der Waals surface area contributed by atoms with Crippen LogP contribution in [0.15, 0.2) is 23.1 Å². The van der Waals surface area contributed by atoms with Gasteiger partial charge in [-0.15, -0.1) is 0 Å². The number of aromatic nitrogens is 2. The van der Waals surface area contributed by atoms with E-state index in [-0.39, 0.29) is 16.3 Å². The highest BCUT2D eigenvalue weighted by Crippen LogP contribution is 2.36. The van der Waals surface area contributed by atoms with Crippen molar-refractivity contribution >= 4 is 33.0 Å². The smallest absolute Gasteiger partial charge is 0.436 e. The summed E-state index contributed by atoms with van der Waals surface area (Å²) in [5.41, 5.74) is -2.32. The zero-order chi connectivity index (χ0) is 19.9. The van der Waals surface area contributed by atoms with Gasteiger partial charge in [-0.3, -0.25) is 9.48 Å². The molecule has 1 amide bonds. The van der Waals surface area contributed by atoms with Gasteiger partial charge < -0.3 is 10.4 Å². The molecule has 0 radical (unpaired) electrons. The summed E-state index contributed by atoms with van der Waals surface area (Å²) >= 11 is 5.62. The summed E-state index contributed by atoms with van der Waals surface area (Å²) in [4.78, 5) is 12.1. The molecule has 7 nitrogen and oxygen atoms in total. The summed E-state index contributed by atoms with van der Waals surface area (Å²) in [5.74, 6) is -1.78. The van der Waals surface area contributed by atoms with Crippen LogP contribution in [0.5, 0.6) is 5.75 Å². The van der Waals surface area contributed by atoms with E-state index >= 15 is 0 Å². The van der Waals surface area contributed by atoms with Crippen molar-refractivity contribution in [3.8, 4) is 5.75 Å². The number of phenols is 1. The third kappa shape index (κ3) is 3.78. The van der Waals surface area contributed by atoms with Gasteiger partial charge in [0, 0.05) is 7.05 Å². The zero-order valence-corrected chi connectivity index (χ0v) is 15.0. The summed E-state index contributed by atoms with van der Waals surface area (Å²) in [6, 6.07) is 3.19. The Labute approximate surface area is 151 Å². The Kier molecular flexibility index (Phi) is 5.24. The Morgan fingerprint density at radius 1 is 1.38 bits per heavy atom. The van der Waals surface area contributed by atoms with Crippen LogP contribution in [0.1, 0.15) is 23.1 Å². The molecule has 1 aromatic carbocycles. The van der Waals surface area contributed by atoms with E-state index in [4.69, 9.17) is 11.6 Å². The molecule has 26 heavy (non-hydrogen) atoms. The Morgan fingerprint density at radius 2 is 2.00 bits per heavy atom. The van der Waals surface area contributed by atoms with E-state index in [0.29, 0.717) is 4.68 Å². The van der Waals surface area contributed by atoms with Crippen molar-refractivity contribution in [2.45, 2.75) is 18.0 Å². The number of carbonyl (C=O) groups is 1. The molecule has 0 unspecified atom stereocenters. The number of aryl methyl sites for hydroxylation is 1. The maximum atomic E-state index is 12.8. The first-order chi connectivity index (χ1) is 11.9. The van der Waals surface area contributed by atoms with Gasteiger partial charge in [-0.2, -0.15) is 18.3 Å². The van der Waals surface area contributed by atoms with E-state index < -0.39 is 44.1 Å². The van der Waals surface area contributed by atoms with Crippen LogP contribution in [0, 0.1) is 0 Å². The molecule has 0 aliphatic rings. The fourth-order valence-corrected chi connectivity index (χ4v) is 3.34. The fraction of sp³-hybridized carbons (Fsp3) is 0.286. The summed E-state index contributed by atoms with van der Waals surface area (Å²) in [7, 11) is -2.53. The quantitative estimate of drug-likeness (QED) is 0.753. The molecule has 0 saturated heterocycles. The molecule has 0 aliphatic carbocycles. The molecule has 2 rings (SSSR count). The minimum atomic E-state index is -4.86. The predicted octanol–water partition coefficient (Wildman–Crippen LogP) is 2.84. The SMILES string of the molecule is CCS(=O)(=O)c1ccc(O)c(NC(=O)c2c(Cl)c(C(F)(F)F)nn2C)c1. The van der Waals surface area contributed by atoms with Crippen molar-refractivity contribution in [3.63, 3.8) is 0 Å². The van der Waals surface area contributed by atoms with Gasteiger partial charge in [0.25, 0.3) is 5.91 Å². The number of amides is 1. The number of alkyl halides is 3. The van der Waals surface area contributed by atoms with Crippen LogP contribution in [-0.4, -0.2) is 35.0 Å². The van der Waals surface area contributed by atoms with Gasteiger partial charge in [-0.1, -0.05) is 18.5 Å². The van der Waals surface area contributed by atoms with Gasteiger partial charge in [0.15, 0.2) is 15.5 Å². The summed E-state index contributed by atoms with van der Waals surface area (Å²) < 4.78 is 62.9. The average Bonchev–Trinajstić information content (AvgIpc) is 2.84. The fourth-order valence-electron chi connectivity index (χ4n) is 2.08. The largest absolute Gasteiger partial charge is 0.506 e. The Bertz CT molecular complexity index is 971. The van der Waals surface area contributed by atoms with E-state index in [0.717, 1.165) is 25.2 Å². The number of halogens is 4. The molecule has 0 atom stereocenters. The number of hydrogen-bond donors (Lipinski definition) is 2. The second-order valence-electron chi connectivity index (χ2n) is 5.17. The standard InChI is InChI=1S/C14H13ClF3N3O4S/c1-3-26(24,25)7-4-5-9(22)8(6-7)19-13(23)11-10(15)12(14(16,17)18)20-21(11)2/h4-6,22H,3H2,1-2H3,(H,19,23). The van der Waals surface area contributed by atoms with Crippen LogP contribution in [0.3, 0.4) is 0 Å². The maximum Gasteiger partial charge on any atom is 0.436 e. The first-order valence-electron chi connectivity index (χ1n) is 7.05. The average molecular weight is 412 g/mol. The number of hydrogen-bond acceptors (Lipinski definition) is 5. The number of rotatable bonds is 4. The maximum absolute atomic E-state index is 12.8. The van der Waals surface area contributed by atoms with Crippen LogP contribution in [0.2, 0.25) is 5.02 Å². The van der Waals surface area contributed by atoms with Crippen molar-refractivity contribution in [2.24, 2.45) is 7.05 Å². The molecule has 2 N–H and O–H groups in total. The molecule has 142 valence electrons.